The Balaban J connectivity index is 1.46. The predicted molar refractivity (Wildman–Crippen MR) is 85.0 cm³/mol. The zero-order valence-corrected chi connectivity index (χ0v) is 13.5. The molecular weight excluding hydrogens is 260 g/mol. The zero-order valence-electron chi connectivity index (χ0n) is 13.5. The Hall–Kier alpha value is -0.630. The van der Waals surface area contributed by atoms with Crippen LogP contribution in [0.1, 0.15) is 45.4 Å². The molecule has 0 radical (unpaired) electrons. The minimum absolute atomic E-state index is 0.244. The lowest BCUT2D eigenvalue weighted by molar-refractivity contribution is 0.0929. The molecule has 2 saturated carbocycles. The SMILES string of the molecule is CCCNC1(C#N)CCC(N2CCN(CC3CC3)CC2)C1. The molecule has 118 valence electrons. The fourth-order valence-corrected chi connectivity index (χ4v) is 3.97. The summed E-state index contributed by atoms with van der Waals surface area (Å²) < 4.78 is 0. The number of nitriles is 1. The topological polar surface area (TPSA) is 42.3 Å². The number of piperazine rings is 1. The summed E-state index contributed by atoms with van der Waals surface area (Å²) in [4.78, 5) is 5.30. The molecule has 0 aromatic rings. The summed E-state index contributed by atoms with van der Waals surface area (Å²) in [6.07, 6.45) is 7.25. The molecule has 2 aliphatic carbocycles. The van der Waals surface area contributed by atoms with Gasteiger partial charge in [0.1, 0.15) is 5.54 Å². The molecule has 3 rings (SSSR count). The average Bonchev–Trinajstić information content (AvgIpc) is 3.23. The van der Waals surface area contributed by atoms with E-state index in [0.29, 0.717) is 6.04 Å². The van der Waals surface area contributed by atoms with Gasteiger partial charge in [-0.1, -0.05) is 6.92 Å². The largest absolute Gasteiger partial charge is 0.301 e. The van der Waals surface area contributed by atoms with E-state index in [9.17, 15) is 5.26 Å². The Morgan fingerprint density at radius 1 is 1.19 bits per heavy atom. The molecule has 1 saturated heterocycles. The maximum absolute atomic E-state index is 9.57. The number of rotatable bonds is 6. The van der Waals surface area contributed by atoms with Crippen LogP contribution < -0.4 is 5.32 Å². The van der Waals surface area contributed by atoms with Crippen molar-refractivity contribution in [3.05, 3.63) is 0 Å². The number of hydrogen-bond acceptors (Lipinski definition) is 4. The molecule has 3 aliphatic rings. The monoisotopic (exact) mass is 290 g/mol. The lowest BCUT2D eigenvalue weighted by Gasteiger charge is -2.38. The van der Waals surface area contributed by atoms with E-state index in [1.807, 2.05) is 0 Å². The third-order valence-corrected chi connectivity index (χ3v) is 5.55. The predicted octanol–water partition coefficient (Wildman–Crippen LogP) is 1.83. The smallest absolute Gasteiger partial charge is 0.108 e. The molecule has 3 fully saturated rings. The van der Waals surface area contributed by atoms with Crippen molar-refractivity contribution in [2.75, 3.05) is 39.3 Å². The van der Waals surface area contributed by atoms with Gasteiger partial charge in [0.25, 0.3) is 0 Å². The van der Waals surface area contributed by atoms with E-state index in [1.54, 1.807) is 0 Å². The summed E-state index contributed by atoms with van der Waals surface area (Å²) in [5.41, 5.74) is -0.244. The Morgan fingerprint density at radius 3 is 2.57 bits per heavy atom. The van der Waals surface area contributed by atoms with E-state index < -0.39 is 0 Å². The molecule has 0 aromatic carbocycles. The van der Waals surface area contributed by atoms with Gasteiger partial charge in [0.15, 0.2) is 0 Å². The normalized spacial score (nSPS) is 35.0. The van der Waals surface area contributed by atoms with Crippen LogP contribution in [0.4, 0.5) is 0 Å². The highest BCUT2D eigenvalue weighted by Gasteiger charge is 2.41. The van der Waals surface area contributed by atoms with Crippen LogP contribution in [-0.4, -0.2) is 60.6 Å². The summed E-state index contributed by atoms with van der Waals surface area (Å²) in [6, 6.07) is 3.20. The van der Waals surface area contributed by atoms with E-state index in [4.69, 9.17) is 0 Å². The van der Waals surface area contributed by atoms with Crippen LogP contribution in [-0.2, 0) is 0 Å². The Kier molecular flexibility index (Phi) is 4.83. The Morgan fingerprint density at radius 2 is 1.95 bits per heavy atom. The molecule has 0 aromatic heterocycles. The zero-order chi connectivity index (χ0) is 14.7. The summed E-state index contributed by atoms with van der Waals surface area (Å²) in [7, 11) is 0. The van der Waals surface area contributed by atoms with Gasteiger partial charge in [0.2, 0.25) is 0 Å². The van der Waals surface area contributed by atoms with E-state index in [0.717, 1.165) is 31.7 Å². The van der Waals surface area contributed by atoms with Crippen LogP contribution in [0, 0.1) is 17.2 Å². The van der Waals surface area contributed by atoms with Crippen molar-refractivity contribution < 1.29 is 0 Å². The van der Waals surface area contributed by atoms with Crippen molar-refractivity contribution in [3.8, 4) is 6.07 Å². The summed E-state index contributed by atoms with van der Waals surface area (Å²) in [5.74, 6) is 1.01. The summed E-state index contributed by atoms with van der Waals surface area (Å²) in [6.45, 7) is 9.33. The summed E-state index contributed by atoms with van der Waals surface area (Å²) in [5, 5.41) is 13.1. The number of nitrogens with zero attached hydrogens (tertiary/aromatic N) is 3. The van der Waals surface area contributed by atoms with Gasteiger partial charge in [-0.05, 0) is 51.0 Å². The second-order valence-corrected chi connectivity index (χ2v) is 7.30. The van der Waals surface area contributed by atoms with Crippen LogP contribution in [0.5, 0.6) is 0 Å². The first-order chi connectivity index (χ1) is 10.2. The highest BCUT2D eigenvalue weighted by Crippen LogP contribution is 2.34. The summed E-state index contributed by atoms with van der Waals surface area (Å²) >= 11 is 0. The lowest BCUT2D eigenvalue weighted by atomic mass is 9.99. The lowest BCUT2D eigenvalue weighted by Crippen LogP contribution is -2.51. The minimum Gasteiger partial charge on any atom is -0.301 e. The molecule has 2 atom stereocenters. The quantitative estimate of drug-likeness (QED) is 0.810. The van der Waals surface area contributed by atoms with Gasteiger partial charge in [0.05, 0.1) is 6.07 Å². The first-order valence-corrected chi connectivity index (χ1v) is 8.87. The van der Waals surface area contributed by atoms with Crippen molar-refractivity contribution in [2.45, 2.75) is 57.0 Å². The number of nitrogens with one attached hydrogen (secondary N) is 1. The van der Waals surface area contributed by atoms with Crippen molar-refractivity contribution >= 4 is 0 Å². The molecule has 21 heavy (non-hydrogen) atoms. The van der Waals surface area contributed by atoms with Gasteiger partial charge in [-0.25, -0.2) is 0 Å². The van der Waals surface area contributed by atoms with Crippen molar-refractivity contribution in [1.82, 2.24) is 15.1 Å². The fourth-order valence-electron chi connectivity index (χ4n) is 3.97. The number of hydrogen-bond donors (Lipinski definition) is 1. The van der Waals surface area contributed by atoms with Gasteiger partial charge in [-0.2, -0.15) is 5.26 Å². The first kappa shape index (κ1) is 15.3. The van der Waals surface area contributed by atoms with Crippen LogP contribution in [0.2, 0.25) is 0 Å². The molecular formula is C17H30N4. The van der Waals surface area contributed by atoms with Crippen molar-refractivity contribution in [1.29, 1.82) is 5.26 Å². The standard InChI is InChI=1S/C17H30N4/c1-2-7-19-17(14-18)6-5-16(12-17)21-10-8-20(9-11-21)13-15-3-4-15/h15-16,19H,2-13H2,1H3. The van der Waals surface area contributed by atoms with Crippen molar-refractivity contribution in [3.63, 3.8) is 0 Å². The van der Waals surface area contributed by atoms with Gasteiger partial charge in [-0.3, -0.25) is 10.2 Å². The van der Waals surface area contributed by atoms with Gasteiger partial charge >= 0.3 is 0 Å². The molecule has 1 N–H and O–H groups in total. The molecule has 1 aliphatic heterocycles. The second-order valence-electron chi connectivity index (χ2n) is 7.30. The highest BCUT2D eigenvalue weighted by atomic mass is 15.3. The van der Waals surface area contributed by atoms with E-state index in [-0.39, 0.29) is 5.54 Å². The molecule has 2 unspecified atom stereocenters. The highest BCUT2D eigenvalue weighted by molar-refractivity contribution is 5.13. The molecule has 0 spiro atoms. The Bertz CT molecular complexity index is 379. The molecule has 0 bridgehead atoms. The fraction of sp³-hybridized carbons (Fsp3) is 0.941. The average molecular weight is 290 g/mol. The van der Waals surface area contributed by atoms with Gasteiger partial charge < -0.3 is 4.90 Å². The Labute approximate surface area is 129 Å². The van der Waals surface area contributed by atoms with Crippen molar-refractivity contribution in [2.24, 2.45) is 5.92 Å². The van der Waals surface area contributed by atoms with Crippen LogP contribution in [0.15, 0.2) is 0 Å². The third-order valence-electron chi connectivity index (χ3n) is 5.55. The maximum Gasteiger partial charge on any atom is 0.108 e. The van der Waals surface area contributed by atoms with Gasteiger partial charge in [0, 0.05) is 38.8 Å². The second kappa shape index (κ2) is 6.64. The van der Waals surface area contributed by atoms with Crippen LogP contribution in [0.3, 0.4) is 0 Å². The molecule has 1 heterocycles. The van der Waals surface area contributed by atoms with Gasteiger partial charge in [-0.15, -0.1) is 0 Å². The minimum atomic E-state index is -0.244. The molecule has 4 heteroatoms. The van der Waals surface area contributed by atoms with E-state index in [2.05, 4.69) is 28.1 Å². The molecule has 4 nitrogen and oxygen atoms in total. The first-order valence-electron chi connectivity index (χ1n) is 8.87. The van der Waals surface area contributed by atoms with E-state index in [1.165, 1.54) is 52.0 Å². The third kappa shape index (κ3) is 3.77. The van der Waals surface area contributed by atoms with Crippen LogP contribution >= 0.6 is 0 Å². The maximum atomic E-state index is 9.57. The molecule has 0 amide bonds. The van der Waals surface area contributed by atoms with E-state index >= 15 is 0 Å². The van der Waals surface area contributed by atoms with Crippen LogP contribution in [0.25, 0.3) is 0 Å².